The lowest BCUT2D eigenvalue weighted by molar-refractivity contribution is -0.127. The van der Waals surface area contributed by atoms with Crippen LogP contribution >= 0.6 is 0 Å². The number of hydrogen-bond donors (Lipinski definition) is 5. The van der Waals surface area contributed by atoms with E-state index in [1.54, 1.807) is 6.92 Å². The highest BCUT2D eigenvalue weighted by molar-refractivity contribution is 5.75. The van der Waals surface area contributed by atoms with Gasteiger partial charge in [0.25, 0.3) is 0 Å². The molecule has 0 radical (unpaired) electrons. The van der Waals surface area contributed by atoms with E-state index in [9.17, 15) is 24.9 Å². The molecule has 17 heavy (non-hydrogen) atoms. The van der Waals surface area contributed by atoms with E-state index in [2.05, 4.69) is 5.32 Å². The molecule has 1 amide bonds. The Labute approximate surface area is 99.1 Å². The molecule has 100 valence electrons. The fraction of sp³-hybridized carbons (Fsp3) is 0.800. The SMILES string of the molecule is CCC(=O)NCC(O)C(O)C(C=O)C(O)CO. The molecule has 4 atom stereocenters. The lowest BCUT2D eigenvalue weighted by atomic mass is 9.94. The number of aliphatic hydroxyl groups is 4. The number of amides is 1. The van der Waals surface area contributed by atoms with E-state index in [1.807, 2.05) is 0 Å². The lowest BCUT2D eigenvalue weighted by Gasteiger charge is -2.25. The average molecular weight is 249 g/mol. The minimum atomic E-state index is -1.55. The van der Waals surface area contributed by atoms with E-state index < -0.39 is 30.8 Å². The van der Waals surface area contributed by atoms with Crippen molar-refractivity contribution in [3.8, 4) is 0 Å². The second kappa shape index (κ2) is 8.13. The van der Waals surface area contributed by atoms with E-state index in [0.29, 0.717) is 0 Å². The minimum absolute atomic E-state index is 0.226. The zero-order valence-electron chi connectivity index (χ0n) is 9.61. The molecule has 7 heteroatoms. The van der Waals surface area contributed by atoms with Crippen LogP contribution in [-0.4, -0.2) is 64.1 Å². The minimum Gasteiger partial charge on any atom is -0.394 e. The third kappa shape index (κ3) is 5.22. The van der Waals surface area contributed by atoms with Gasteiger partial charge in [0.2, 0.25) is 5.91 Å². The van der Waals surface area contributed by atoms with E-state index in [-0.39, 0.29) is 25.2 Å². The summed E-state index contributed by atoms with van der Waals surface area (Å²) in [5.74, 6) is -1.60. The molecule has 7 nitrogen and oxygen atoms in total. The molecule has 0 saturated carbocycles. The second-order valence-corrected chi connectivity index (χ2v) is 3.68. The van der Waals surface area contributed by atoms with Crippen molar-refractivity contribution < 1.29 is 30.0 Å². The highest BCUT2D eigenvalue weighted by Gasteiger charge is 2.31. The van der Waals surface area contributed by atoms with Crippen LogP contribution in [0.5, 0.6) is 0 Å². The molecule has 5 N–H and O–H groups in total. The predicted octanol–water partition coefficient (Wildman–Crippen LogP) is -2.60. The van der Waals surface area contributed by atoms with Gasteiger partial charge in [-0.15, -0.1) is 0 Å². The van der Waals surface area contributed by atoms with Crippen LogP contribution in [0.4, 0.5) is 0 Å². The Morgan fingerprint density at radius 2 is 1.88 bits per heavy atom. The monoisotopic (exact) mass is 249 g/mol. The third-order valence-corrected chi connectivity index (χ3v) is 2.41. The number of rotatable bonds is 8. The maximum absolute atomic E-state index is 10.9. The van der Waals surface area contributed by atoms with Crippen molar-refractivity contribution in [1.82, 2.24) is 5.32 Å². The Bertz CT molecular complexity index is 247. The molecule has 0 fully saturated rings. The molecule has 0 heterocycles. The Balaban J connectivity index is 4.30. The van der Waals surface area contributed by atoms with Gasteiger partial charge in [0, 0.05) is 13.0 Å². The standard InChI is InChI=1S/C10H19NO6/c1-2-9(16)11-3-7(14)10(17)6(4-12)8(15)5-13/h4,6-8,10,13-15,17H,2-3,5H2,1H3,(H,11,16). The first-order valence-corrected chi connectivity index (χ1v) is 5.34. The van der Waals surface area contributed by atoms with Crippen LogP contribution < -0.4 is 5.32 Å². The zero-order valence-corrected chi connectivity index (χ0v) is 9.61. The number of aldehydes is 1. The average Bonchev–Trinajstić information content (AvgIpc) is 2.35. The van der Waals surface area contributed by atoms with Crippen LogP contribution in [0.3, 0.4) is 0 Å². The maximum Gasteiger partial charge on any atom is 0.219 e. The molecule has 0 spiro atoms. The van der Waals surface area contributed by atoms with Gasteiger partial charge in [0.15, 0.2) is 0 Å². The third-order valence-electron chi connectivity index (χ3n) is 2.41. The topological polar surface area (TPSA) is 127 Å². The van der Waals surface area contributed by atoms with Crippen LogP contribution in [0.1, 0.15) is 13.3 Å². The molecule has 0 aromatic heterocycles. The van der Waals surface area contributed by atoms with Gasteiger partial charge in [-0.2, -0.15) is 0 Å². The first-order valence-electron chi connectivity index (χ1n) is 5.34. The fourth-order valence-electron chi connectivity index (χ4n) is 1.24. The molecule has 0 aromatic rings. The predicted molar refractivity (Wildman–Crippen MR) is 58.0 cm³/mol. The van der Waals surface area contributed by atoms with Crippen molar-refractivity contribution in [3.05, 3.63) is 0 Å². The van der Waals surface area contributed by atoms with Crippen molar-refractivity contribution in [1.29, 1.82) is 0 Å². The van der Waals surface area contributed by atoms with Crippen molar-refractivity contribution in [2.75, 3.05) is 13.2 Å². The van der Waals surface area contributed by atoms with Crippen LogP contribution in [0, 0.1) is 5.92 Å². The van der Waals surface area contributed by atoms with Crippen molar-refractivity contribution >= 4 is 12.2 Å². The van der Waals surface area contributed by atoms with Gasteiger partial charge in [-0.3, -0.25) is 4.79 Å². The van der Waals surface area contributed by atoms with E-state index in [0.717, 1.165) is 0 Å². The molecule has 0 saturated heterocycles. The van der Waals surface area contributed by atoms with Crippen LogP contribution in [0.25, 0.3) is 0 Å². The number of carbonyl (C=O) groups excluding carboxylic acids is 2. The second-order valence-electron chi connectivity index (χ2n) is 3.68. The molecule has 0 aliphatic carbocycles. The van der Waals surface area contributed by atoms with Gasteiger partial charge >= 0.3 is 0 Å². The molecule has 0 rings (SSSR count). The molecule has 0 aliphatic heterocycles. The largest absolute Gasteiger partial charge is 0.394 e. The van der Waals surface area contributed by atoms with Crippen molar-refractivity contribution in [2.45, 2.75) is 31.7 Å². The summed E-state index contributed by atoms with van der Waals surface area (Å²) in [5.41, 5.74) is 0. The van der Waals surface area contributed by atoms with Gasteiger partial charge in [-0.1, -0.05) is 6.92 Å². The molecular weight excluding hydrogens is 230 g/mol. The Morgan fingerprint density at radius 3 is 2.29 bits per heavy atom. The summed E-state index contributed by atoms with van der Waals surface area (Å²) in [6.07, 6.45) is -3.89. The van der Waals surface area contributed by atoms with Gasteiger partial charge in [-0.25, -0.2) is 0 Å². The van der Waals surface area contributed by atoms with Crippen molar-refractivity contribution in [2.24, 2.45) is 5.92 Å². The van der Waals surface area contributed by atoms with E-state index in [1.165, 1.54) is 0 Å². The van der Waals surface area contributed by atoms with Gasteiger partial charge in [0.05, 0.1) is 30.8 Å². The fourth-order valence-corrected chi connectivity index (χ4v) is 1.24. The van der Waals surface area contributed by atoms with Crippen molar-refractivity contribution in [3.63, 3.8) is 0 Å². The van der Waals surface area contributed by atoms with Gasteiger partial charge in [-0.05, 0) is 0 Å². The quantitative estimate of drug-likeness (QED) is 0.300. The number of aliphatic hydroxyl groups excluding tert-OH is 4. The molecule has 0 bridgehead atoms. The smallest absolute Gasteiger partial charge is 0.219 e. The maximum atomic E-state index is 10.9. The number of hydrogen-bond acceptors (Lipinski definition) is 6. The van der Waals surface area contributed by atoms with Crippen LogP contribution in [0.2, 0.25) is 0 Å². The van der Waals surface area contributed by atoms with Gasteiger partial charge < -0.3 is 30.5 Å². The Kier molecular flexibility index (Phi) is 7.64. The summed E-state index contributed by atoms with van der Waals surface area (Å²) in [4.78, 5) is 21.5. The normalized spacial score (nSPS) is 17.9. The molecule has 4 unspecified atom stereocenters. The lowest BCUT2D eigenvalue weighted by Crippen LogP contribution is -2.47. The highest BCUT2D eigenvalue weighted by Crippen LogP contribution is 2.10. The summed E-state index contributed by atoms with van der Waals surface area (Å²) in [5, 5.41) is 39.3. The molecule has 0 aromatic carbocycles. The summed E-state index contributed by atoms with van der Waals surface area (Å²) in [6.45, 7) is 0.701. The molecule has 0 aliphatic rings. The summed E-state index contributed by atoms with van der Waals surface area (Å²) in [7, 11) is 0. The number of nitrogens with one attached hydrogen (secondary N) is 1. The number of carbonyl (C=O) groups is 2. The Hall–Kier alpha value is -1.02. The van der Waals surface area contributed by atoms with Crippen LogP contribution in [0.15, 0.2) is 0 Å². The van der Waals surface area contributed by atoms with E-state index in [4.69, 9.17) is 5.11 Å². The first-order chi connectivity index (χ1) is 7.97. The highest BCUT2D eigenvalue weighted by atomic mass is 16.3. The summed E-state index contributed by atoms with van der Waals surface area (Å²) >= 11 is 0. The molecular formula is C10H19NO6. The summed E-state index contributed by atoms with van der Waals surface area (Å²) < 4.78 is 0. The zero-order chi connectivity index (χ0) is 13.4. The van der Waals surface area contributed by atoms with E-state index >= 15 is 0 Å². The first kappa shape index (κ1) is 16.0. The van der Waals surface area contributed by atoms with Gasteiger partial charge in [0.1, 0.15) is 6.29 Å². The Morgan fingerprint density at radius 1 is 1.29 bits per heavy atom. The summed E-state index contributed by atoms with van der Waals surface area (Å²) in [6, 6.07) is 0. The van der Waals surface area contributed by atoms with Crippen LogP contribution in [-0.2, 0) is 9.59 Å².